The largest absolute Gasteiger partial charge is 0.865 e. The van der Waals surface area contributed by atoms with Gasteiger partial charge >= 0.3 is 5.97 Å². The predicted molar refractivity (Wildman–Crippen MR) is 88.2 cm³/mol. The molecule has 25 heavy (non-hydrogen) atoms. The van der Waals surface area contributed by atoms with E-state index in [2.05, 4.69) is 4.74 Å². The standard InChI is InChI=1S/C6H8O6.3C2H5O.4H3N/c7-1-2(8)5-3(9)4(10)6(11)12-5;3*1-2-3;;;;/h2,5,7-10H,1H2;3*2H2,1H3;4*1H3/q;3*-1;;;;/p+3/t2-,5+;;;;;;;/m0......./s1. The van der Waals surface area contributed by atoms with Gasteiger partial charge in [0.05, 0.1) is 6.61 Å². The number of cyclic esters (lactones) is 1. The molecule has 13 heteroatoms. The highest BCUT2D eigenvalue weighted by atomic mass is 16.6. The van der Waals surface area contributed by atoms with Crippen molar-refractivity contribution < 1.29 is 45.3 Å². The van der Waals surface area contributed by atoms with Gasteiger partial charge in [-0.05, 0) is 0 Å². The number of hydrogen-bond donors (Lipinski definition) is 7. The lowest BCUT2D eigenvalue weighted by molar-refractivity contribution is -0.362. The number of carbonyl (C=O) groups is 1. The summed E-state index contributed by atoms with van der Waals surface area (Å²) < 4.78 is 4.25. The number of aliphatic hydroxyl groups is 3. The second-order valence-electron chi connectivity index (χ2n) is 3.16. The van der Waals surface area contributed by atoms with Gasteiger partial charge in [0.15, 0.2) is 6.10 Å². The summed E-state index contributed by atoms with van der Waals surface area (Å²) in [5.74, 6) is -3.25. The highest BCUT2D eigenvalue weighted by Gasteiger charge is 2.34. The Hall–Kier alpha value is -1.55. The fourth-order valence-electron chi connectivity index (χ4n) is 0.815. The van der Waals surface area contributed by atoms with Crippen molar-refractivity contribution in [2.75, 3.05) is 26.4 Å². The number of ether oxygens (including phenoxy) is 1. The Morgan fingerprint density at radius 2 is 1.28 bits per heavy atom. The maximum absolute atomic E-state index is 10.6. The zero-order valence-corrected chi connectivity index (χ0v) is 16.3. The molecule has 1 rings (SSSR count). The van der Waals surface area contributed by atoms with E-state index in [1.165, 1.54) is 0 Å². The van der Waals surface area contributed by atoms with Gasteiger partial charge in [0.25, 0.3) is 0 Å². The first kappa shape index (κ1) is 43.7. The topological polar surface area (TPSA) is 325 Å². The zero-order valence-electron chi connectivity index (χ0n) is 16.3. The van der Waals surface area contributed by atoms with Gasteiger partial charge in [0, 0.05) is 5.76 Å². The van der Waals surface area contributed by atoms with Gasteiger partial charge in [-0.3, -0.25) is 0 Å². The summed E-state index contributed by atoms with van der Waals surface area (Å²) in [4.78, 5) is 10.5. The SMILES string of the molecule is CC[O-].CC[O-].CC[O-].O=C1O[C@H]([C@@H](O)CO)C(O)=C1[O-].[NH4+].[NH4+].[NH4+].[NH4+]. The fourth-order valence-corrected chi connectivity index (χ4v) is 0.815. The third-order valence-corrected chi connectivity index (χ3v) is 1.46. The maximum atomic E-state index is 10.6. The maximum Gasteiger partial charge on any atom is 0.327 e. The Morgan fingerprint density at radius 3 is 1.44 bits per heavy atom. The summed E-state index contributed by atoms with van der Waals surface area (Å²) in [5, 5.41) is 63.6. The lowest BCUT2D eigenvalue weighted by Gasteiger charge is -2.14. The average Bonchev–Trinajstić information content (AvgIpc) is 2.68. The number of esters is 1. The lowest BCUT2D eigenvalue weighted by Crippen LogP contribution is -2.31. The molecular weight excluding hydrogens is 344 g/mol. The van der Waals surface area contributed by atoms with E-state index in [0.29, 0.717) is 0 Å². The summed E-state index contributed by atoms with van der Waals surface area (Å²) in [5.41, 5.74) is 0. The van der Waals surface area contributed by atoms with Crippen molar-refractivity contribution in [3.05, 3.63) is 11.5 Å². The third kappa shape index (κ3) is 22.4. The summed E-state index contributed by atoms with van der Waals surface area (Å²) in [6, 6.07) is 0. The zero-order chi connectivity index (χ0) is 17.4. The first-order valence-electron chi connectivity index (χ1n) is 6.16. The second kappa shape index (κ2) is 30.3. The van der Waals surface area contributed by atoms with Crippen LogP contribution < -0.4 is 45.0 Å². The molecule has 1 aliphatic heterocycles. The Labute approximate surface area is 147 Å². The molecule has 19 N–H and O–H groups in total. The van der Waals surface area contributed by atoms with Crippen LogP contribution >= 0.6 is 0 Å². The summed E-state index contributed by atoms with van der Waals surface area (Å²) in [6.07, 6.45) is -2.88. The number of rotatable bonds is 2. The highest BCUT2D eigenvalue weighted by Crippen LogP contribution is 2.19. The highest BCUT2D eigenvalue weighted by molar-refractivity contribution is 5.88. The van der Waals surface area contributed by atoms with Crippen molar-refractivity contribution in [1.82, 2.24) is 24.6 Å². The van der Waals surface area contributed by atoms with Crippen LogP contribution in [0, 0.1) is 0 Å². The molecule has 1 heterocycles. The predicted octanol–water partition coefficient (Wildman–Crippen LogP) is -3.00. The van der Waals surface area contributed by atoms with E-state index >= 15 is 0 Å². The molecule has 0 fully saturated rings. The van der Waals surface area contributed by atoms with Gasteiger partial charge in [-0.15, -0.1) is 19.8 Å². The van der Waals surface area contributed by atoms with E-state index in [-0.39, 0.29) is 44.4 Å². The van der Waals surface area contributed by atoms with E-state index in [0.717, 1.165) is 0 Å². The molecule has 0 saturated carbocycles. The molecule has 0 amide bonds. The summed E-state index contributed by atoms with van der Waals surface area (Å²) >= 11 is 0. The minimum atomic E-state index is -1.46. The minimum absolute atomic E-state index is 0. The Morgan fingerprint density at radius 1 is 1.00 bits per heavy atom. The molecule has 0 aromatic carbocycles. The van der Waals surface area contributed by atoms with Crippen LogP contribution in [0.1, 0.15) is 20.8 Å². The average molecular weight is 382 g/mol. The quantitative estimate of drug-likeness (QED) is 0.239. The summed E-state index contributed by atoms with van der Waals surface area (Å²) in [6.45, 7) is 4.01. The van der Waals surface area contributed by atoms with E-state index < -0.39 is 36.3 Å². The Kier molecular flexibility index (Phi) is 53.0. The number of aliphatic hydroxyl groups excluding tert-OH is 3. The van der Waals surface area contributed by atoms with Crippen LogP contribution in [-0.4, -0.2) is 59.9 Å². The first-order valence-corrected chi connectivity index (χ1v) is 6.16. The van der Waals surface area contributed by atoms with Gasteiger partial charge in [-0.25, -0.2) is 4.79 Å². The smallest absolute Gasteiger partial charge is 0.327 e. The van der Waals surface area contributed by atoms with Crippen molar-refractivity contribution in [2.24, 2.45) is 0 Å². The second-order valence-corrected chi connectivity index (χ2v) is 3.16. The van der Waals surface area contributed by atoms with E-state index in [1.807, 2.05) is 0 Å². The molecule has 0 saturated heterocycles. The lowest BCUT2D eigenvalue weighted by atomic mass is 10.2. The molecule has 0 aromatic rings. The van der Waals surface area contributed by atoms with Crippen molar-refractivity contribution in [3.8, 4) is 0 Å². The molecule has 0 aliphatic carbocycles. The van der Waals surface area contributed by atoms with Crippen molar-refractivity contribution >= 4 is 5.97 Å². The molecule has 0 radical (unpaired) electrons. The monoisotopic (exact) mass is 382 g/mol. The van der Waals surface area contributed by atoms with Crippen LogP contribution in [0.3, 0.4) is 0 Å². The summed E-state index contributed by atoms with van der Waals surface area (Å²) in [7, 11) is 0. The molecule has 1 aliphatic rings. The van der Waals surface area contributed by atoms with Crippen LogP contribution in [0.5, 0.6) is 0 Å². The third-order valence-electron chi connectivity index (χ3n) is 1.46. The van der Waals surface area contributed by atoms with Gasteiger partial charge in [0.2, 0.25) is 0 Å². The normalized spacial score (nSPS) is 14.6. The Balaban J connectivity index is -0.0000000430. The minimum Gasteiger partial charge on any atom is -0.865 e. The van der Waals surface area contributed by atoms with Gasteiger partial charge in [0.1, 0.15) is 11.9 Å². The van der Waals surface area contributed by atoms with Gasteiger partial charge < -0.3 is 65.1 Å². The molecule has 0 spiro atoms. The van der Waals surface area contributed by atoms with Crippen molar-refractivity contribution in [2.45, 2.75) is 33.0 Å². The first-order chi connectivity index (χ1) is 9.82. The molecule has 0 bridgehead atoms. The van der Waals surface area contributed by atoms with Crippen LogP contribution in [-0.2, 0) is 9.53 Å². The van der Waals surface area contributed by atoms with E-state index in [1.54, 1.807) is 20.8 Å². The molecule has 0 unspecified atom stereocenters. The van der Waals surface area contributed by atoms with Crippen molar-refractivity contribution in [3.63, 3.8) is 0 Å². The van der Waals surface area contributed by atoms with Crippen LogP contribution in [0.4, 0.5) is 0 Å². The van der Waals surface area contributed by atoms with Crippen LogP contribution in [0.15, 0.2) is 11.5 Å². The number of hydrogen-bond acceptors (Lipinski definition) is 9. The number of quaternary nitrogens is 4. The van der Waals surface area contributed by atoms with Crippen LogP contribution in [0.25, 0.3) is 0 Å². The fraction of sp³-hybridized carbons (Fsp3) is 0.750. The van der Waals surface area contributed by atoms with E-state index in [4.69, 9.17) is 30.6 Å². The van der Waals surface area contributed by atoms with Crippen LogP contribution in [0.2, 0.25) is 0 Å². The number of carbonyl (C=O) groups excluding carboxylic acids is 1. The van der Waals surface area contributed by atoms with Gasteiger partial charge in [-0.1, -0.05) is 20.8 Å². The van der Waals surface area contributed by atoms with Gasteiger partial charge in [-0.2, -0.15) is 0 Å². The molecule has 2 atom stereocenters. The molecule has 13 nitrogen and oxygen atoms in total. The molecule has 0 aromatic heterocycles. The Bertz CT molecular complexity index is 289. The van der Waals surface area contributed by atoms with Crippen molar-refractivity contribution in [1.29, 1.82) is 0 Å². The molecule has 160 valence electrons. The molecular formula is C12H38N4O9. The van der Waals surface area contributed by atoms with E-state index in [9.17, 15) is 9.90 Å².